The van der Waals surface area contributed by atoms with E-state index in [2.05, 4.69) is 10.00 Å². The summed E-state index contributed by atoms with van der Waals surface area (Å²) < 4.78 is 44.0. The van der Waals surface area contributed by atoms with Gasteiger partial charge in [0.05, 0.1) is 17.3 Å². The number of benzene rings is 2. The summed E-state index contributed by atoms with van der Waals surface area (Å²) in [6.07, 6.45) is 1.64. The van der Waals surface area contributed by atoms with E-state index >= 15 is 0 Å². The lowest BCUT2D eigenvalue weighted by molar-refractivity contribution is 0.144. The molecule has 1 aromatic heterocycles. The van der Waals surface area contributed by atoms with E-state index in [1.807, 2.05) is 18.2 Å². The third-order valence-electron chi connectivity index (χ3n) is 4.94. The number of rotatable bonds is 5. The van der Waals surface area contributed by atoms with E-state index < -0.39 is 15.8 Å². The van der Waals surface area contributed by atoms with E-state index in [4.69, 9.17) is 23.8 Å². The first-order valence-electron chi connectivity index (χ1n) is 9.23. The van der Waals surface area contributed by atoms with E-state index in [-0.39, 0.29) is 4.90 Å². The number of sulfonamides is 1. The van der Waals surface area contributed by atoms with Gasteiger partial charge in [0.1, 0.15) is 12.1 Å². The van der Waals surface area contributed by atoms with Gasteiger partial charge in [-0.1, -0.05) is 17.7 Å². The van der Waals surface area contributed by atoms with Crippen LogP contribution in [-0.4, -0.2) is 58.1 Å². The van der Waals surface area contributed by atoms with Gasteiger partial charge >= 0.3 is 0 Å². The summed E-state index contributed by atoms with van der Waals surface area (Å²) in [4.78, 5) is 2.18. The lowest BCUT2D eigenvalue weighted by Gasteiger charge is -2.33. The van der Waals surface area contributed by atoms with Crippen LogP contribution in [0.4, 0.5) is 4.39 Å². The lowest BCUT2D eigenvalue weighted by atomic mass is 10.3. The van der Waals surface area contributed by atoms with Gasteiger partial charge in [0.15, 0.2) is 0 Å². The Labute approximate surface area is 184 Å². The van der Waals surface area contributed by atoms with Gasteiger partial charge in [0, 0.05) is 31.2 Å². The average molecular weight is 468 g/mol. The molecule has 0 amide bonds. The molecule has 0 unspecified atom stereocenters. The molecule has 7 nitrogen and oxygen atoms in total. The van der Waals surface area contributed by atoms with Gasteiger partial charge in [0.2, 0.25) is 14.8 Å². The Morgan fingerprint density at radius 2 is 1.77 bits per heavy atom. The quantitative estimate of drug-likeness (QED) is 0.539. The summed E-state index contributed by atoms with van der Waals surface area (Å²) in [5, 5.41) is 4.97. The fourth-order valence-corrected chi connectivity index (χ4v) is 5.16. The number of hydrogen-bond acceptors (Lipinski definition) is 5. The van der Waals surface area contributed by atoms with Crippen molar-refractivity contribution in [1.29, 1.82) is 0 Å². The van der Waals surface area contributed by atoms with Crippen molar-refractivity contribution >= 4 is 33.8 Å². The Hall–Kier alpha value is -2.11. The molecule has 1 saturated heterocycles. The van der Waals surface area contributed by atoms with Gasteiger partial charge in [-0.3, -0.25) is 9.47 Å². The van der Waals surface area contributed by atoms with Crippen LogP contribution >= 0.6 is 23.8 Å². The first-order chi connectivity index (χ1) is 14.3. The molecule has 0 N–H and O–H groups in total. The molecular weight excluding hydrogens is 449 g/mol. The average Bonchev–Trinajstić information content (AvgIpc) is 3.09. The predicted octanol–water partition coefficient (Wildman–Crippen LogP) is 3.16. The summed E-state index contributed by atoms with van der Waals surface area (Å²) in [6.45, 7) is 2.19. The minimum Gasteiger partial charge on any atom is -0.282 e. The largest absolute Gasteiger partial charge is 0.282 e. The standard InChI is InChI=1S/C19H19ClFN5O2S2/c20-15-2-1-3-17(12-15)25-13-22-26(19(25)29)14-23-8-10-24(11-9-23)30(27,28)18-6-4-16(21)5-7-18/h1-7,12-13H,8-11,14H2. The normalized spacial score (nSPS) is 16.1. The maximum absolute atomic E-state index is 13.1. The van der Waals surface area contributed by atoms with Crippen molar-refractivity contribution in [2.24, 2.45) is 0 Å². The molecule has 3 aromatic rings. The van der Waals surface area contributed by atoms with E-state index in [9.17, 15) is 12.8 Å². The Morgan fingerprint density at radius 1 is 1.07 bits per heavy atom. The highest BCUT2D eigenvalue weighted by molar-refractivity contribution is 7.89. The smallest absolute Gasteiger partial charge is 0.243 e. The van der Waals surface area contributed by atoms with Crippen molar-refractivity contribution in [1.82, 2.24) is 23.6 Å². The Morgan fingerprint density at radius 3 is 2.43 bits per heavy atom. The van der Waals surface area contributed by atoms with Crippen LogP contribution in [-0.2, 0) is 16.7 Å². The molecule has 11 heteroatoms. The molecule has 2 heterocycles. The monoisotopic (exact) mass is 467 g/mol. The first-order valence-corrected chi connectivity index (χ1v) is 11.5. The summed E-state index contributed by atoms with van der Waals surface area (Å²) in [7, 11) is -3.64. The summed E-state index contributed by atoms with van der Waals surface area (Å²) >= 11 is 11.6. The van der Waals surface area contributed by atoms with Crippen molar-refractivity contribution in [3.05, 3.63) is 70.5 Å². The fraction of sp³-hybridized carbons (Fsp3) is 0.263. The SMILES string of the molecule is O=S(=O)(c1ccc(F)cc1)N1CCN(Cn2ncn(-c3cccc(Cl)c3)c2=S)CC1. The fourth-order valence-electron chi connectivity index (χ4n) is 3.29. The second-order valence-electron chi connectivity index (χ2n) is 6.88. The third kappa shape index (κ3) is 4.33. The molecule has 1 fully saturated rings. The van der Waals surface area contributed by atoms with Gasteiger partial charge in [-0.2, -0.15) is 9.40 Å². The van der Waals surface area contributed by atoms with Gasteiger partial charge in [-0.15, -0.1) is 0 Å². The molecule has 1 aliphatic rings. The van der Waals surface area contributed by atoms with Crippen molar-refractivity contribution < 1.29 is 12.8 Å². The Bertz CT molecular complexity index is 1200. The zero-order chi connectivity index (χ0) is 21.3. The minimum atomic E-state index is -3.64. The van der Waals surface area contributed by atoms with E-state index in [1.165, 1.54) is 16.4 Å². The zero-order valence-corrected chi connectivity index (χ0v) is 18.2. The molecule has 0 atom stereocenters. The number of hydrogen-bond donors (Lipinski definition) is 0. The number of halogens is 2. The first kappa shape index (κ1) is 21.1. The van der Waals surface area contributed by atoms with Gasteiger partial charge < -0.3 is 0 Å². The third-order valence-corrected chi connectivity index (χ3v) is 7.49. The van der Waals surface area contributed by atoms with E-state index in [1.54, 1.807) is 21.6 Å². The molecule has 4 rings (SSSR count). The highest BCUT2D eigenvalue weighted by Gasteiger charge is 2.28. The highest BCUT2D eigenvalue weighted by atomic mass is 35.5. The maximum Gasteiger partial charge on any atom is 0.243 e. The summed E-state index contributed by atoms with van der Waals surface area (Å²) in [6, 6.07) is 12.2. The topological polar surface area (TPSA) is 63.4 Å². The second kappa shape index (κ2) is 8.56. The molecule has 1 aliphatic heterocycles. The van der Waals surface area contributed by atoms with Crippen LogP contribution in [0.3, 0.4) is 0 Å². The number of aromatic nitrogens is 3. The summed E-state index contributed by atoms with van der Waals surface area (Å²) in [5.41, 5.74) is 0.828. The van der Waals surface area contributed by atoms with Crippen molar-refractivity contribution in [3.8, 4) is 5.69 Å². The van der Waals surface area contributed by atoms with E-state index in [0.29, 0.717) is 42.6 Å². The van der Waals surface area contributed by atoms with Crippen LogP contribution in [0, 0.1) is 10.6 Å². The van der Waals surface area contributed by atoms with Crippen molar-refractivity contribution in [3.63, 3.8) is 0 Å². The molecule has 158 valence electrons. The van der Waals surface area contributed by atoms with Gasteiger partial charge in [-0.25, -0.2) is 17.5 Å². The molecular formula is C19H19ClFN5O2S2. The molecule has 0 aliphatic carbocycles. The van der Waals surface area contributed by atoms with Crippen molar-refractivity contribution in [2.45, 2.75) is 11.6 Å². The molecule has 0 bridgehead atoms. The number of nitrogens with zero attached hydrogens (tertiary/aromatic N) is 5. The Kier molecular flexibility index (Phi) is 6.03. The van der Waals surface area contributed by atoms with Crippen LogP contribution in [0.25, 0.3) is 5.69 Å². The molecule has 30 heavy (non-hydrogen) atoms. The minimum absolute atomic E-state index is 0.0971. The van der Waals surface area contributed by atoms with Crippen LogP contribution in [0.2, 0.25) is 5.02 Å². The Balaban J connectivity index is 1.42. The second-order valence-corrected chi connectivity index (χ2v) is 9.62. The molecule has 0 radical (unpaired) electrons. The van der Waals surface area contributed by atoms with Crippen LogP contribution in [0.1, 0.15) is 0 Å². The molecule has 0 spiro atoms. The predicted molar refractivity (Wildman–Crippen MR) is 114 cm³/mol. The van der Waals surface area contributed by atoms with Gasteiger partial charge in [0.25, 0.3) is 0 Å². The van der Waals surface area contributed by atoms with Gasteiger partial charge in [-0.05, 0) is 54.7 Å². The molecule has 0 saturated carbocycles. The van der Waals surface area contributed by atoms with Crippen molar-refractivity contribution in [2.75, 3.05) is 26.2 Å². The summed E-state index contributed by atoms with van der Waals surface area (Å²) in [5.74, 6) is -0.465. The van der Waals surface area contributed by atoms with Crippen LogP contribution in [0.15, 0.2) is 59.8 Å². The highest BCUT2D eigenvalue weighted by Crippen LogP contribution is 2.19. The van der Waals surface area contributed by atoms with Crippen LogP contribution in [0.5, 0.6) is 0 Å². The van der Waals surface area contributed by atoms with Crippen LogP contribution < -0.4 is 0 Å². The number of piperazine rings is 1. The molecule has 2 aromatic carbocycles. The zero-order valence-electron chi connectivity index (χ0n) is 15.9. The lowest BCUT2D eigenvalue weighted by Crippen LogP contribution is -2.48. The maximum atomic E-state index is 13.1. The van der Waals surface area contributed by atoms with E-state index in [0.717, 1.165) is 17.8 Å².